The monoisotopic (exact) mass is 314 g/mol. The van der Waals surface area contributed by atoms with E-state index in [0.29, 0.717) is 38.8 Å². The van der Waals surface area contributed by atoms with Crippen LogP contribution < -0.4 is 0 Å². The van der Waals surface area contributed by atoms with Gasteiger partial charge in [0.05, 0.1) is 18.6 Å². The number of ether oxygens (including phenoxy) is 1. The Labute approximate surface area is 136 Å². The molecule has 1 heterocycles. The number of rotatable bonds is 6. The number of amides is 1. The lowest BCUT2D eigenvalue weighted by Gasteiger charge is -2.37. The van der Waals surface area contributed by atoms with E-state index in [1.54, 1.807) is 4.90 Å². The summed E-state index contributed by atoms with van der Waals surface area (Å²) in [7, 11) is 1.36. The van der Waals surface area contributed by atoms with Crippen LogP contribution in [0, 0.1) is 16.7 Å². The molecule has 5 nitrogen and oxygen atoms in total. The summed E-state index contributed by atoms with van der Waals surface area (Å²) in [6.07, 6.45) is 2.43. The van der Waals surface area contributed by atoms with E-state index >= 15 is 0 Å². The summed E-state index contributed by atoms with van der Waals surface area (Å²) in [5.41, 5.74) is 0.470. The molecule has 1 amide bonds. The fourth-order valence-electron chi connectivity index (χ4n) is 2.99. The fourth-order valence-corrected chi connectivity index (χ4v) is 2.99. The molecule has 1 fully saturated rings. The van der Waals surface area contributed by atoms with Crippen LogP contribution in [0.5, 0.6) is 0 Å². The van der Waals surface area contributed by atoms with Gasteiger partial charge in [0.15, 0.2) is 0 Å². The van der Waals surface area contributed by atoms with E-state index in [-0.39, 0.29) is 18.3 Å². The number of piperidine rings is 1. The summed E-state index contributed by atoms with van der Waals surface area (Å²) in [6, 6.07) is 12.2. The SMILES string of the molecule is COC(=O)CCCN1CC[C@@](C#N)(Cc2ccccc2)CC1=O. The second kappa shape index (κ2) is 7.77. The lowest BCUT2D eigenvalue weighted by Crippen LogP contribution is -2.45. The molecule has 1 saturated heterocycles. The lowest BCUT2D eigenvalue weighted by atomic mass is 9.74. The Balaban J connectivity index is 1.92. The van der Waals surface area contributed by atoms with Crippen LogP contribution in [-0.2, 0) is 20.7 Å². The fraction of sp³-hybridized carbons (Fsp3) is 0.500. The van der Waals surface area contributed by atoms with E-state index in [4.69, 9.17) is 0 Å². The first-order valence-electron chi connectivity index (χ1n) is 7.88. The summed E-state index contributed by atoms with van der Waals surface area (Å²) in [6.45, 7) is 1.11. The number of nitriles is 1. The molecule has 23 heavy (non-hydrogen) atoms. The summed E-state index contributed by atoms with van der Waals surface area (Å²) < 4.78 is 4.60. The first-order chi connectivity index (χ1) is 11.1. The molecule has 0 bridgehead atoms. The van der Waals surface area contributed by atoms with Crippen LogP contribution in [0.15, 0.2) is 30.3 Å². The van der Waals surface area contributed by atoms with E-state index in [9.17, 15) is 14.9 Å². The molecule has 2 rings (SSSR count). The predicted molar refractivity (Wildman–Crippen MR) is 85.3 cm³/mol. The van der Waals surface area contributed by atoms with Gasteiger partial charge in [-0.3, -0.25) is 9.59 Å². The maximum Gasteiger partial charge on any atom is 0.305 e. The standard InChI is InChI=1S/C18H22N2O3/c1-23-17(22)8-5-10-20-11-9-18(14-19,13-16(20)21)12-15-6-3-2-4-7-15/h2-4,6-7H,5,8-13H2,1H3/t18-/m1/s1. The van der Waals surface area contributed by atoms with Crippen LogP contribution in [0.25, 0.3) is 0 Å². The average Bonchev–Trinajstić information content (AvgIpc) is 2.57. The molecule has 1 aromatic rings. The minimum atomic E-state index is -0.614. The summed E-state index contributed by atoms with van der Waals surface area (Å²) in [5.74, 6) is -0.261. The van der Waals surface area contributed by atoms with Gasteiger partial charge in [0, 0.05) is 25.9 Å². The Kier molecular flexibility index (Phi) is 5.75. The number of hydrogen-bond acceptors (Lipinski definition) is 4. The number of esters is 1. The second-order valence-corrected chi connectivity index (χ2v) is 6.04. The molecule has 0 aromatic heterocycles. The van der Waals surface area contributed by atoms with Crippen LogP contribution in [0.1, 0.15) is 31.2 Å². The number of carbonyl (C=O) groups excluding carboxylic acids is 2. The van der Waals surface area contributed by atoms with Gasteiger partial charge in [0.1, 0.15) is 0 Å². The Bertz CT molecular complexity index is 594. The predicted octanol–water partition coefficient (Wildman–Crippen LogP) is 2.31. The topological polar surface area (TPSA) is 70.4 Å². The molecule has 0 saturated carbocycles. The smallest absolute Gasteiger partial charge is 0.305 e. The Morgan fingerprint density at radius 1 is 1.39 bits per heavy atom. The maximum atomic E-state index is 12.4. The molecule has 1 aliphatic heterocycles. The van der Waals surface area contributed by atoms with Gasteiger partial charge in [-0.05, 0) is 24.8 Å². The molecule has 0 spiro atoms. The number of likely N-dealkylation sites (tertiary alicyclic amines) is 1. The highest BCUT2D eigenvalue weighted by atomic mass is 16.5. The minimum Gasteiger partial charge on any atom is -0.469 e. The molecule has 122 valence electrons. The molecular weight excluding hydrogens is 292 g/mol. The van der Waals surface area contributed by atoms with Crippen LogP contribution in [0.4, 0.5) is 0 Å². The van der Waals surface area contributed by atoms with Crippen molar-refractivity contribution in [1.29, 1.82) is 5.26 Å². The van der Waals surface area contributed by atoms with Gasteiger partial charge >= 0.3 is 5.97 Å². The highest BCUT2D eigenvalue weighted by Gasteiger charge is 2.39. The van der Waals surface area contributed by atoms with Gasteiger partial charge in [-0.15, -0.1) is 0 Å². The van der Waals surface area contributed by atoms with Crippen molar-refractivity contribution in [3.63, 3.8) is 0 Å². The molecule has 0 aliphatic carbocycles. The highest BCUT2D eigenvalue weighted by molar-refractivity contribution is 5.78. The van der Waals surface area contributed by atoms with Gasteiger partial charge in [0.2, 0.25) is 5.91 Å². The molecule has 1 aromatic carbocycles. The average molecular weight is 314 g/mol. The Hall–Kier alpha value is -2.35. The van der Waals surface area contributed by atoms with E-state index in [0.717, 1.165) is 5.56 Å². The van der Waals surface area contributed by atoms with E-state index < -0.39 is 5.41 Å². The molecular formula is C18H22N2O3. The molecule has 0 N–H and O–H groups in total. The number of benzene rings is 1. The minimum absolute atomic E-state index is 0.00130. The Morgan fingerprint density at radius 3 is 2.74 bits per heavy atom. The zero-order chi connectivity index (χ0) is 16.7. The van der Waals surface area contributed by atoms with E-state index in [2.05, 4.69) is 10.8 Å². The van der Waals surface area contributed by atoms with Crippen LogP contribution in [-0.4, -0.2) is 37.0 Å². The summed E-state index contributed by atoms with van der Waals surface area (Å²) >= 11 is 0. The van der Waals surface area contributed by atoms with Gasteiger partial charge < -0.3 is 9.64 Å². The van der Waals surface area contributed by atoms with Crippen molar-refractivity contribution in [2.45, 2.75) is 32.1 Å². The van der Waals surface area contributed by atoms with Gasteiger partial charge in [-0.25, -0.2) is 0 Å². The normalized spacial score (nSPS) is 20.9. The van der Waals surface area contributed by atoms with Crippen molar-refractivity contribution in [2.75, 3.05) is 20.2 Å². The third kappa shape index (κ3) is 4.56. The van der Waals surface area contributed by atoms with E-state index in [1.165, 1.54) is 7.11 Å². The third-order valence-electron chi connectivity index (χ3n) is 4.36. The van der Waals surface area contributed by atoms with Crippen molar-refractivity contribution in [1.82, 2.24) is 4.90 Å². The van der Waals surface area contributed by atoms with Crippen molar-refractivity contribution in [3.05, 3.63) is 35.9 Å². The molecule has 0 radical (unpaired) electrons. The zero-order valence-electron chi connectivity index (χ0n) is 13.5. The molecule has 0 unspecified atom stereocenters. The largest absolute Gasteiger partial charge is 0.469 e. The highest BCUT2D eigenvalue weighted by Crippen LogP contribution is 2.35. The number of methoxy groups -OCH3 is 1. The maximum absolute atomic E-state index is 12.4. The lowest BCUT2D eigenvalue weighted by molar-refractivity contribution is -0.142. The summed E-state index contributed by atoms with van der Waals surface area (Å²) in [4.78, 5) is 25.2. The number of carbonyl (C=O) groups is 2. The first kappa shape index (κ1) is 17.0. The van der Waals surface area contributed by atoms with Crippen molar-refractivity contribution < 1.29 is 14.3 Å². The van der Waals surface area contributed by atoms with Gasteiger partial charge in [-0.1, -0.05) is 30.3 Å². The van der Waals surface area contributed by atoms with Crippen molar-refractivity contribution >= 4 is 11.9 Å². The third-order valence-corrected chi connectivity index (χ3v) is 4.36. The molecule has 1 aliphatic rings. The van der Waals surface area contributed by atoms with E-state index in [1.807, 2.05) is 30.3 Å². The second-order valence-electron chi connectivity index (χ2n) is 6.04. The summed E-state index contributed by atoms with van der Waals surface area (Å²) in [5, 5.41) is 9.61. The Morgan fingerprint density at radius 2 is 2.13 bits per heavy atom. The quantitative estimate of drug-likeness (QED) is 0.756. The number of nitrogens with zero attached hydrogens (tertiary/aromatic N) is 2. The van der Waals surface area contributed by atoms with Crippen LogP contribution >= 0.6 is 0 Å². The van der Waals surface area contributed by atoms with Crippen LogP contribution in [0.3, 0.4) is 0 Å². The molecule has 1 atom stereocenters. The van der Waals surface area contributed by atoms with Crippen molar-refractivity contribution in [2.24, 2.45) is 5.41 Å². The zero-order valence-corrected chi connectivity index (χ0v) is 13.5. The van der Waals surface area contributed by atoms with Crippen molar-refractivity contribution in [3.8, 4) is 6.07 Å². The van der Waals surface area contributed by atoms with Crippen LogP contribution in [0.2, 0.25) is 0 Å². The number of hydrogen-bond donors (Lipinski definition) is 0. The first-order valence-corrected chi connectivity index (χ1v) is 7.88. The molecule has 5 heteroatoms. The van der Waals surface area contributed by atoms with Gasteiger partial charge in [-0.2, -0.15) is 5.26 Å². The van der Waals surface area contributed by atoms with Gasteiger partial charge in [0.25, 0.3) is 0 Å².